The molecule has 24 unspecified atom stereocenters. The molecule has 3 saturated carbocycles. The molecule has 0 aromatic rings. The second-order valence-electron chi connectivity index (χ2n) is 20.9. The highest BCUT2D eigenvalue weighted by Crippen LogP contribution is 2.67. The van der Waals surface area contributed by atoms with Crippen LogP contribution in [-0.4, -0.2) is 176 Å². The first-order valence-electron chi connectivity index (χ1n) is 23.6. The summed E-state index contributed by atoms with van der Waals surface area (Å²) in [6.45, 7) is 11.3. The van der Waals surface area contributed by atoms with Gasteiger partial charge in [-0.3, -0.25) is 9.59 Å². The average Bonchev–Trinajstić information content (AvgIpc) is 3.53. The molecule has 3 aliphatic heterocycles. The van der Waals surface area contributed by atoms with Crippen LogP contribution < -0.4 is 5.32 Å². The van der Waals surface area contributed by atoms with Gasteiger partial charge in [-0.25, -0.2) is 0 Å². The van der Waals surface area contributed by atoms with Crippen LogP contribution in [0.15, 0.2) is 11.6 Å². The predicted octanol–water partition coefficient (Wildman–Crippen LogP) is -0.206. The zero-order valence-electron chi connectivity index (χ0n) is 38.1. The van der Waals surface area contributed by atoms with Gasteiger partial charge >= 0.3 is 0 Å². The Hall–Kier alpha value is -1.72. The maximum atomic E-state index is 13.6. The normalized spacial score (nSPS) is 49.1. The Morgan fingerprint density at radius 3 is 2.27 bits per heavy atom. The standard InChI is InChI=1S/C46H75NO17/c1-20(17-47-23(4)48)7-10-29(49)21(2)33-30(50)16-28-26-9-8-24-15-25(11-13-45(24,5)27(26)12-14-46(28,33)6)62-44-41(64-43-39(57)35(53)31(51)18-59-43)38(56)36(54)32(63-44)19-60-42-40(58)37(55)34(52)22(3)61-42/h8,20-22,25-28,30-44,50-58H,7,9-19H2,1-6H3,(H,47,48). The summed E-state index contributed by atoms with van der Waals surface area (Å²) in [6.07, 6.45) is -12.8. The van der Waals surface area contributed by atoms with E-state index in [0.29, 0.717) is 50.5 Å². The molecule has 64 heavy (non-hydrogen) atoms. The van der Waals surface area contributed by atoms with E-state index in [4.69, 9.17) is 28.4 Å². The van der Waals surface area contributed by atoms with Crippen molar-refractivity contribution in [3.8, 4) is 0 Å². The van der Waals surface area contributed by atoms with Gasteiger partial charge in [-0.1, -0.05) is 39.3 Å². The summed E-state index contributed by atoms with van der Waals surface area (Å²) in [6, 6.07) is 0. The number of aliphatic hydroxyl groups excluding tert-OH is 9. The molecule has 24 atom stereocenters. The van der Waals surface area contributed by atoms with E-state index in [1.165, 1.54) is 19.4 Å². The molecular weight excluding hydrogens is 838 g/mol. The van der Waals surface area contributed by atoms with E-state index >= 15 is 0 Å². The van der Waals surface area contributed by atoms with E-state index in [1.807, 2.05) is 13.8 Å². The monoisotopic (exact) mass is 914 g/mol. The predicted molar refractivity (Wildman–Crippen MR) is 224 cm³/mol. The number of amides is 1. The van der Waals surface area contributed by atoms with Gasteiger partial charge in [-0.05, 0) is 98.7 Å². The van der Waals surface area contributed by atoms with Gasteiger partial charge in [-0.15, -0.1) is 0 Å². The number of rotatable bonds is 14. The number of carbonyl (C=O) groups is 2. The van der Waals surface area contributed by atoms with E-state index < -0.39 is 105 Å². The van der Waals surface area contributed by atoms with Crippen molar-refractivity contribution in [2.75, 3.05) is 19.8 Å². The van der Waals surface area contributed by atoms with Crippen LogP contribution in [0, 0.1) is 46.3 Å². The van der Waals surface area contributed by atoms with Crippen molar-refractivity contribution < 1.29 is 84.0 Å². The maximum Gasteiger partial charge on any atom is 0.216 e. The number of ether oxygens (including phenoxy) is 6. The quantitative estimate of drug-likeness (QED) is 0.101. The number of fused-ring (bicyclic) bond motifs is 5. The lowest BCUT2D eigenvalue weighted by molar-refractivity contribution is -0.368. The van der Waals surface area contributed by atoms with Gasteiger partial charge in [0.15, 0.2) is 18.9 Å². The summed E-state index contributed by atoms with van der Waals surface area (Å²) in [5.74, 6) is 0.763. The molecule has 3 heterocycles. The first kappa shape index (κ1) is 50.2. The number of carbonyl (C=O) groups excluding carboxylic acids is 2. The van der Waals surface area contributed by atoms with Gasteiger partial charge in [0.05, 0.1) is 31.5 Å². The Morgan fingerprint density at radius 2 is 1.55 bits per heavy atom. The topological polar surface area (TPSA) is 284 Å². The van der Waals surface area contributed by atoms with Crippen LogP contribution in [0.25, 0.3) is 0 Å². The molecule has 0 bridgehead atoms. The van der Waals surface area contributed by atoms with Crippen molar-refractivity contribution in [2.24, 2.45) is 46.3 Å². The minimum atomic E-state index is -1.70. The molecule has 7 rings (SSSR count). The fourth-order valence-electron chi connectivity index (χ4n) is 12.8. The number of ketones is 1. The molecule has 10 N–H and O–H groups in total. The molecule has 18 nitrogen and oxygen atoms in total. The van der Waals surface area contributed by atoms with E-state index in [0.717, 1.165) is 25.7 Å². The van der Waals surface area contributed by atoms with Crippen molar-refractivity contribution in [1.82, 2.24) is 5.32 Å². The number of aliphatic hydroxyl groups is 9. The molecule has 7 aliphatic rings. The van der Waals surface area contributed by atoms with Crippen LogP contribution in [0.4, 0.5) is 0 Å². The third-order valence-electron chi connectivity index (χ3n) is 16.7. The minimum absolute atomic E-state index is 0.0872. The smallest absolute Gasteiger partial charge is 0.216 e. The van der Waals surface area contributed by atoms with E-state index in [2.05, 4.69) is 25.2 Å². The SMILES string of the molecule is CC(=O)NCC(C)CCC(=O)C(C)C1C(O)CC2C3CC=C4CC(OC5OC(COC6OC(C)C(O)C(O)C6O)C(O)C(O)C5OC5OCC(O)C(O)C5O)CCC4(C)C3CCC21C. The summed E-state index contributed by atoms with van der Waals surface area (Å²) in [5.41, 5.74) is 0.903. The highest BCUT2D eigenvalue weighted by Gasteiger charge is 2.62. The van der Waals surface area contributed by atoms with E-state index in [9.17, 15) is 55.5 Å². The molecule has 1 amide bonds. The van der Waals surface area contributed by atoms with Crippen LogP contribution >= 0.6 is 0 Å². The van der Waals surface area contributed by atoms with Crippen LogP contribution in [-0.2, 0) is 38.0 Å². The van der Waals surface area contributed by atoms with E-state index in [1.54, 1.807) is 0 Å². The van der Waals surface area contributed by atoms with Gasteiger partial charge in [0.2, 0.25) is 5.91 Å². The minimum Gasteiger partial charge on any atom is -0.393 e. The highest BCUT2D eigenvalue weighted by atomic mass is 16.8. The molecule has 0 aromatic carbocycles. The average molecular weight is 914 g/mol. The van der Waals surface area contributed by atoms with Crippen LogP contribution in [0.2, 0.25) is 0 Å². The Bertz CT molecular complexity index is 1650. The maximum absolute atomic E-state index is 13.6. The van der Waals surface area contributed by atoms with Crippen molar-refractivity contribution in [3.05, 3.63) is 11.6 Å². The molecule has 366 valence electrons. The zero-order chi connectivity index (χ0) is 46.6. The van der Waals surface area contributed by atoms with E-state index in [-0.39, 0.29) is 52.8 Å². The summed E-state index contributed by atoms with van der Waals surface area (Å²) in [7, 11) is 0. The fourth-order valence-corrected chi connectivity index (χ4v) is 12.8. The van der Waals surface area contributed by atoms with Gasteiger partial charge in [0.25, 0.3) is 0 Å². The summed E-state index contributed by atoms with van der Waals surface area (Å²) >= 11 is 0. The molecule has 4 aliphatic carbocycles. The Balaban J connectivity index is 1.03. The molecule has 6 fully saturated rings. The lowest BCUT2D eigenvalue weighted by atomic mass is 9.47. The fraction of sp³-hybridized carbons (Fsp3) is 0.913. The van der Waals surface area contributed by atoms with Crippen LogP contribution in [0.3, 0.4) is 0 Å². The Kier molecular flexibility index (Phi) is 15.7. The number of Topliss-reactive ketones (excluding diaryl/α,β-unsaturated/α-hetero) is 1. The molecule has 0 spiro atoms. The van der Waals surface area contributed by atoms with Crippen LogP contribution in [0.1, 0.15) is 99.3 Å². The largest absolute Gasteiger partial charge is 0.393 e. The Morgan fingerprint density at radius 1 is 0.828 bits per heavy atom. The van der Waals surface area contributed by atoms with Crippen molar-refractivity contribution in [2.45, 2.75) is 198 Å². The molecule has 0 radical (unpaired) electrons. The zero-order valence-corrected chi connectivity index (χ0v) is 38.1. The second kappa shape index (κ2) is 20.1. The lowest BCUT2D eigenvalue weighted by Gasteiger charge is -2.58. The van der Waals surface area contributed by atoms with Gasteiger partial charge in [0.1, 0.15) is 66.8 Å². The first-order valence-corrected chi connectivity index (χ1v) is 23.6. The third kappa shape index (κ3) is 9.77. The van der Waals surface area contributed by atoms with Gasteiger partial charge < -0.3 is 79.7 Å². The highest BCUT2D eigenvalue weighted by molar-refractivity contribution is 5.81. The van der Waals surface area contributed by atoms with Gasteiger partial charge in [0, 0.05) is 25.8 Å². The number of hydrogen-bond donors (Lipinski definition) is 10. The number of nitrogens with one attached hydrogen (secondary N) is 1. The second-order valence-corrected chi connectivity index (χ2v) is 20.9. The molecule has 0 aromatic heterocycles. The first-order chi connectivity index (χ1) is 30.2. The third-order valence-corrected chi connectivity index (χ3v) is 16.7. The van der Waals surface area contributed by atoms with Crippen molar-refractivity contribution >= 4 is 11.7 Å². The number of allylic oxidation sites excluding steroid dienone is 1. The van der Waals surface area contributed by atoms with Crippen molar-refractivity contribution in [1.29, 1.82) is 0 Å². The van der Waals surface area contributed by atoms with Crippen molar-refractivity contribution in [3.63, 3.8) is 0 Å². The number of hydrogen-bond acceptors (Lipinski definition) is 17. The lowest BCUT2D eigenvalue weighted by Crippen LogP contribution is -2.64. The molecular formula is C46H75NO17. The van der Waals surface area contributed by atoms with Gasteiger partial charge in [-0.2, -0.15) is 0 Å². The molecule has 3 saturated heterocycles. The molecule has 18 heteroatoms. The summed E-state index contributed by atoms with van der Waals surface area (Å²) in [5, 5.41) is 99.4. The summed E-state index contributed by atoms with van der Waals surface area (Å²) < 4.78 is 35.7. The Labute approximate surface area is 375 Å². The van der Waals surface area contributed by atoms with Crippen LogP contribution in [0.5, 0.6) is 0 Å². The summed E-state index contributed by atoms with van der Waals surface area (Å²) in [4.78, 5) is 25.0.